The van der Waals surface area contributed by atoms with Crippen molar-refractivity contribution in [1.82, 2.24) is 4.98 Å². The molecule has 0 bridgehead atoms. The zero-order valence-corrected chi connectivity index (χ0v) is 10.6. The van der Waals surface area contributed by atoms with Crippen LogP contribution in [0.1, 0.15) is 27.2 Å². The molecule has 0 aliphatic carbocycles. The van der Waals surface area contributed by atoms with Gasteiger partial charge in [0, 0.05) is 18.3 Å². The highest BCUT2D eigenvalue weighted by Crippen LogP contribution is 2.24. The monoisotopic (exact) mass is 233 g/mol. The van der Waals surface area contributed by atoms with Crippen LogP contribution < -0.4 is 10.6 Å². The summed E-state index contributed by atoms with van der Waals surface area (Å²) in [6.07, 6.45) is 1.07. The first kappa shape index (κ1) is 11.8. The fourth-order valence-electron chi connectivity index (χ4n) is 1.87. The first-order valence-corrected chi connectivity index (χ1v) is 6.04. The van der Waals surface area contributed by atoms with E-state index in [9.17, 15) is 0 Å². The van der Waals surface area contributed by atoms with E-state index in [2.05, 4.69) is 30.7 Å². The highest BCUT2D eigenvalue weighted by molar-refractivity contribution is 5.78. The lowest BCUT2D eigenvalue weighted by Crippen LogP contribution is -2.31. The molecule has 0 amide bonds. The van der Waals surface area contributed by atoms with Crippen molar-refractivity contribution in [2.75, 3.05) is 17.2 Å². The number of fused-ring (bicyclic) bond motifs is 1. The minimum atomic E-state index is 0.375. The maximum Gasteiger partial charge on any atom is 0.298 e. The highest BCUT2D eigenvalue weighted by atomic mass is 16.4. The van der Waals surface area contributed by atoms with Crippen LogP contribution in [0.5, 0.6) is 0 Å². The van der Waals surface area contributed by atoms with Crippen LogP contribution in [0.25, 0.3) is 11.1 Å². The highest BCUT2D eigenvalue weighted by Gasteiger charge is 2.16. The lowest BCUT2D eigenvalue weighted by atomic mass is 10.3. The van der Waals surface area contributed by atoms with Crippen LogP contribution in [0.2, 0.25) is 0 Å². The lowest BCUT2D eigenvalue weighted by molar-refractivity contribution is 0.535. The Kier molecular flexibility index (Phi) is 3.22. The van der Waals surface area contributed by atoms with Gasteiger partial charge in [-0.25, -0.2) is 0 Å². The third-order valence-corrected chi connectivity index (χ3v) is 2.73. The van der Waals surface area contributed by atoms with Crippen molar-refractivity contribution in [3.8, 4) is 0 Å². The second-order valence-electron chi connectivity index (χ2n) is 4.51. The van der Waals surface area contributed by atoms with Crippen molar-refractivity contribution in [1.29, 1.82) is 0 Å². The van der Waals surface area contributed by atoms with Gasteiger partial charge in [-0.3, -0.25) is 0 Å². The first-order valence-electron chi connectivity index (χ1n) is 6.04. The number of nitrogens with zero attached hydrogens (tertiary/aromatic N) is 2. The van der Waals surface area contributed by atoms with E-state index in [0.717, 1.165) is 24.1 Å². The van der Waals surface area contributed by atoms with Gasteiger partial charge >= 0.3 is 0 Å². The number of nitrogens with two attached hydrogens (primary N) is 1. The molecule has 0 fully saturated rings. The quantitative estimate of drug-likeness (QED) is 0.825. The van der Waals surface area contributed by atoms with Crippen molar-refractivity contribution in [3.63, 3.8) is 0 Å². The number of benzene rings is 1. The number of hydrogen-bond donors (Lipinski definition) is 1. The summed E-state index contributed by atoms with van der Waals surface area (Å²) in [6, 6.07) is 6.60. The molecule has 92 valence electrons. The van der Waals surface area contributed by atoms with Crippen LogP contribution in [-0.2, 0) is 0 Å². The van der Waals surface area contributed by atoms with Crippen LogP contribution in [0.3, 0.4) is 0 Å². The minimum absolute atomic E-state index is 0.375. The largest absolute Gasteiger partial charge is 0.423 e. The van der Waals surface area contributed by atoms with E-state index in [1.807, 2.05) is 18.2 Å². The molecule has 2 aromatic rings. The number of nitrogen functional groups attached to an aromatic ring is 1. The Morgan fingerprint density at radius 1 is 1.41 bits per heavy atom. The summed E-state index contributed by atoms with van der Waals surface area (Å²) < 4.78 is 5.76. The summed E-state index contributed by atoms with van der Waals surface area (Å²) in [5, 5.41) is 0. The normalized spacial score (nSPS) is 11.3. The van der Waals surface area contributed by atoms with Crippen LogP contribution in [0.4, 0.5) is 11.7 Å². The topological polar surface area (TPSA) is 55.3 Å². The molecule has 2 rings (SSSR count). The Hall–Kier alpha value is -1.71. The maximum atomic E-state index is 5.76. The van der Waals surface area contributed by atoms with Gasteiger partial charge in [-0.2, -0.15) is 4.98 Å². The Morgan fingerprint density at radius 3 is 2.82 bits per heavy atom. The zero-order chi connectivity index (χ0) is 12.4. The molecular weight excluding hydrogens is 214 g/mol. The number of oxazole rings is 1. The van der Waals surface area contributed by atoms with Gasteiger partial charge in [0.25, 0.3) is 6.01 Å². The van der Waals surface area contributed by atoms with Gasteiger partial charge in [-0.15, -0.1) is 0 Å². The molecule has 4 heteroatoms. The smallest absolute Gasteiger partial charge is 0.298 e. The molecule has 0 aliphatic rings. The standard InChI is InChI=1S/C13H19N3O/c1-4-7-16(9(2)3)13-15-11-8-10(14)5-6-12(11)17-13/h5-6,8-9H,4,7,14H2,1-3H3. The molecule has 0 spiro atoms. The van der Waals surface area contributed by atoms with Gasteiger partial charge in [-0.05, 0) is 38.5 Å². The second-order valence-corrected chi connectivity index (χ2v) is 4.51. The van der Waals surface area contributed by atoms with E-state index < -0.39 is 0 Å². The molecule has 1 aromatic carbocycles. The number of anilines is 2. The predicted molar refractivity (Wildman–Crippen MR) is 71.2 cm³/mol. The molecule has 1 heterocycles. The lowest BCUT2D eigenvalue weighted by Gasteiger charge is -2.23. The molecule has 0 saturated carbocycles. The van der Waals surface area contributed by atoms with Crippen molar-refractivity contribution in [2.24, 2.45) is 0 Å². The van der Waals surface area contributed by atoms with E-state index in [4.69, 9.17) is 10.2 Å². The van der Waals surface area contributed by atoms with Crippen LogP contribution in [0.15, 0.2) is 22.6 Å². The average Bonchev–Trinajstić information content (AvgIpc) is 2.67. The molecule has 2 N–H and O–H groups in total. The number of aromatic nitrogens is 1. The molecule has 1 aromatic heterocycles. The third kappa shape index (κ3) is 2.35. The Balaban J connectivity index is 2.40. The van der Waals surface area contributed by atoms with Gasteiger partial charge in [0.15, 0.2) is 5.58 Å². The molecule has 0 radical (unpaired) electrons. The molecule has 0 unspecified atom stereocenters. The maximum absolute atomic E-state index is 5.76. The first-order chi connectivity index (χ1) is 8.11. The van der Waals surface area contributed by atoms with Gasteiger partial charge < -0.3 is 15.1 Å². The second kappa shape index (κ2) is 4.65. The average molecular weight is 233 g/mol. The fraction of sp³-hybridized carbons (Fsp3) is 0.462. The minimum Gasteiger partial charge on any atom is -0.423 e. The summed E-state index contributed by atoms with van der Waals surface area (Å²) >= 11 is 0. The van der Waals surface area contributed by atoms with Crippen LogP contribution >= 0.6 is 0 Å². The van der Waals surface area contributed by atoms with Crippen molar-refractivity contribution in [3.05, 3.63) is 18.2 Å². The Labute approximate surface area is 101 Å². The summed E-state index contributed by atoms with van der Waals surface area (Å²) in [5.74, 6) is 0. The van der Waals surface area contributed by atoms with Gasteiger partial charge in [-0.1, -0.05) is 6.92 Å². The molecule has 0 atom stereocenters. The molecule has 0 saturated heterocycles. The van der Waals surface area contributed by atoms with E-state index in [1.54, 1.807) is 0 Å². The molecule has 4 nitrogen and oxygen atoms in total. The summed E-state index contributed by atoms with van der Waals surface area (Å²) in [6.45, 7) is 7.37. The van der Waals surface area contributed by atoms with E-state index >= 15 is 0 Å². The molecule has 0 aliphatic heterocycles. The SMILES string of the molecule is CCCN(c1nc2cc(N)ccc2o1)C(C)C. The van der Waals surface area contributed by atoms with Crippen molar-refractivity contribution >= 4 is 22.8 Å². The van der Waals surface area contributed by atoms with Gasteiger partial charge in [0.1, 0.15) is 5.52 Å². The summed E-state index contributed by atoms with van der Waals surface area (Å²) in [4.78, 5) is 6.66. The fourth-order valence-corrected chi connectivity index (χ4v) is 1.87. The predicted octanol–water partition coefficient (Wildman–Crippen LogP) is 3.03. The molecular formula is C13H19N3O. The Morgan fingerprint density at radius 2 is 2.18 bits per heavy atom. The van der Waals surface area contributed by atoms with Crippen molar-refractivity contribution < 1.29 is 4.42 Å². The third-order valence-electron chi connectivity index (χ3n) is 2.73. The van der Waals surface area contributed by atoms with E-state index in [0.29, 0.717) is 17.7 Å². The zero-order valence-electron chi connectivity index (χ0n) is 10.6. The van der Waals surface area contributed by atoms with Gasteiger partial charge in [0.05, 0.1) is 0 Å². The van der Waals surface area contributed by atoms with Gasteiger partial charge in [0.2, 0.25) is 0 Å². The number of hydrogen-bond acceptors (Lipinski definition) is 4. The van der Waals surface area contributed by atoms with E-state index in [1.165, 1.54) is 0 Å². The molecule has 17 heavy (non-hydrogen) atoms. The van der Waals surface area contributed by atoms with E-state index in [-0.39, 0.29) is 0 Å². The number of rotatable bonds is 4. The summed E-state index contributed by atoms with van der Waals surface area (Å²) in [5.41, 5.74) is 8.05. The Bertz CT molecular complexity index is 504. The van der Waals surface area contributed by atoms with Crippen LogP contribution in [-0.4, -0.2) is 17.6 Å². The van der Waals surface area contributed by atoms with Crippen LogP contribution in [0, 0.1) is 0 Å². The van der Waals surface area contributed by atoms with Crippen molar-refractivity contribution in [2.45, 2.75) is 33.2 Å². The summed E-state index contributed by atoms with van der Waals surface area (Å²) in [7, 11) is 0.